The molecule has 2 nitrogen and oxygen atoms in total. The zero-order valence-electron chi connectivity index (χ0n) is 11.6. The summed E-state index contributed by atoms with van der Waals surface area (Å²) in [7, 11) is 0. The highest BCUT2D eigenvalue weighted by Gasteiger charge is 2.25. The van der Waals surface area contributed by atoms with Crippen LogP contribution < -0.4 is 0 Å². The summed E-state index contributed by atoms with van der Waals surface area (Å²) in [5, 5.41) is 2.22. The number of aromatic amines is 1. The van der Waals surface area contributed by atoms with Crippen LogP contribution >= 0.6 is 11.3 Å². The van der Waals surface area contributed by atoms with Crippen molar-refractivity contribution in [2.45, 2.75) is 38.5 Å². The minimum atomic E-state index is 0.461. The molecular formula is C17H18N2S. The molecule has 2 heterocycles. The molecule has 3 heteroatoms. The fourth-order valence-corrected chi connectivity index (χ4v) is 4.22. The highest BCUT2D eigenvalue weighted by molar-refractivity contribution is 7.10. The Hall–Kier alpha value is -1.61. The van der Waals surface area contributed by atoms with Crippen molar-refractivity contribution in [1.29, 1.82) is 0 Å². The fraction of sp³-hybridized carbons (Fsp3) is 0.353. The van der Waals surface area contributed by atoms with E-state index in [4.69, 9.17) is 4.98 Å². The minimum Gasteiger partial charge on any atom is -0.341 e. The van der Waals surface area contributed by atoms with Crippen LogP contribution in [-0.2, 0) is 12.8 Å². The molecule has 0 spiro atoms. The molecule has 1 aliphatic rings. The largest absolute Gasteiger partial charge is 0.341 e. The number of aromatic nitrogens is 2. The molecule has 0 bridgehead atoms. The number of aryl methyl sites for hydroxylation is 2. The summed E-state index contributed by atoms with van der Waals surface area (Å²) >= 11 is 1.90. The monoisotopic (exact) mass is 282 g/mol. The Balaban J connectivity index is 1.80. The molecule has 1 atom stereocenters. The van der Waals surface area contributed by atoms with E-state index in [9.17, 15) is 0 Å². The Bertz CT molecular complexity index is 753. The maximum Gasteiger partial charge on any atom is 0.114 e. The van der Waals surface area contributed by atoms with E-state index in [2.05, 4.69) is 41.6 Å². The molecule has 0 aliphatic heterocycles. The first kappa shape index (κ1) is 12.2. The van der Waals surface area contributed by atoms with Crippen LogP contribution in [0.1, 0.15) is 47.5 Å². The van der Waals surface area contributed by atoms with E-state index in [-0.39, 0.29) is 0 Å². The number of fused-ring (bicyclic) bond motifs is 2. The Labute approximate surface area is 122 Å². The maximum absolute atomic E-state index is 4.84. The first-order valence-electron chi connectivity index (χ1n) is 7.40. The Kier molecular flexibility index (Phi) is 2.88. The molecule has 1 aromatic carbocycles. The van der Waals surface area contributed by atoms with Crippen molar-refractivity contribution in [3.05, 3.63) is 51.5 Å². The molecule has 2 aromatic heterocycles. The van der Waals surface area contributed by atoms with Gasteiger partial charge in [0.05, 0.1) is 11.0 Å². The van der Waals surface area contributed by atoms with Gasteiger partial charge in [-0.3, -0.25) is 0 Å². The number of H-pyrrole nitrogens is 1. The quantitative estimate of drug-likeness (QED) is 0.728. The van der Waals surface area contributed by atoms with Crippen molar-refractivity contribution in [1.82, 2.24) is 9.97 Å². The second-order valence-electron chi connectivity index (χ2n) is 5.57. The van der Waals surface area contributed by atoms with Crippen LogP contribution in [0.4, 0.5) is 0 Å². The molecule has 20 heavy (non-hydrogen) atoms. The van der Waals surface area contributed by atoms with Gasteiger partial charge in [-0.05, 0) is 60.4 Å². The zero-order valence-corrected chi connectivity index (χ0v) is 12.5. The maximum atomic E-state index is 4.84. The van der Waals surface area contributed by atoms with Crippen LogP contribution in [0.25, 0.3) is 11.0 Å². The molecule has 4 rings (SSSR count). The Morgan fingerprint density at radius 1 is 1.35 bits per heavy atom. The summed E-state index contributed by atoms with van der Waals surface area (Å²) in [4.78, 5) is 9.96. The average molecular weight is 282 g/mol. The fourth-order valence-electron chi connectivity index (χ4n) is 3.23. The van der Waals surface area contributed by atoms with Crippen LogP contribution in [0.2, 0.25) is 0 Å². The molecule has 1 unspecified atom stereocenters. The third-order valence-electron chi connectivity index (χ3n) is 4.35. The first-order chi connectivity index (χ1) is 9.85. The number of rotatable bonds is 2. The number of nitrogens with zero attached hydrogens (tertiary/aromatic N) is 1. The molecular weight excluding hydrogens is 264 g/mol. The van der Waals surface area contributed by atoms with Crippen molar-refractivity contribution in [3.8, 4) is 0 Å². The van der Waals surface area contributed by atoms with E-state index >= 15 is 0 Å². The topological polar surface area (TPSA) is 28.7 Å². The number of hydrogen-bond acceptors (Lipinski definition) is 2. The van der Waals surface area contributed by atoms with Crippen LogP contribution in [0.15, 0.2) is 29.6 Å². The highest BCUT2D eigenvalue weighted by Crippen LogP contribution is 2.38. The van der Waals surface area contributed by atoms with Gasteiger partial charge in [0.2, 0.25) is 0 Å². The normalized spacial score (nSPS) is 18.4. The van der Waals surface area contributed by atoms with E-state index in [1.54, 1.807) is 4.88 Å². The van der Waals surface area contributed by atoms with Crippen LogP contribution in [0.5, 0.6) is 0 Å². The van der Waals surface area contributed by atoms with Crippen molar-refractivity contribution in [3.63, 3.8) is 0 Å². The average Bonchev–Trinajstić information content (AvgIpc) is 3.12. The lowest BCUT2D eigenvalue weighted by Gasteiger charge is -2.20. The summed E-state index contributed by atoms with van der Waals surface area (Å²) < 4.78 is 0. The molecule has 102 valence electrons. The minimum absolute atomic E-state index is 0.461. The van der Waals surface area contributed by atoms with Crippen LogP contribution in [0.3, 0.4) is 0 Å². The lowest BCUT2D eigenvalue weighted by Crippen LogP contribution is -2.09. The van der Waals surface area contributed by atoms with Gasteiger partial charge in [-0.2, -0.15) is 0 Å². The molecule has 0 amide bonds. The van der Waals surface area contributed by atoms with E-state index in [1.165, 1.54) is 35.9 Å². The number of hydrogen-bond donors (Lipinski definition) is 1. The predicted octanol–water partition coefficient (Wildman–Crippen LogP) is 4.66. The van der Waals surface area contributed by atoms with E-state index in [1.807, 2.05) is 11.3 Å². The van der Waals surface area contributed by atoms with Gasteiger partial charge in [-0.25, -0.2) is 4.98 Å². The number of imidazole rings is 1. The summed E-state index contributed by atoms with van der Waals surface area (Å²) in [6.45, 7) is 2.19. The summed E-state index contributed by atoms with van der Waals surface area (Å²) in [6, 6.07) is 8.85. The Morgan fingerprint density at radius 3 is 3.20 bits per heavy atom. The SMILES string of the molecule is CCc1ccc2nc(C3CCCc4sccc43)[nH]c2c1. The number of thiophene rings is 1. The Morgan fingerprint density at radius 2 is 2.30 bits per heavy atom. The summed E-state index contributed by atoms with van der Waals surface area (Å²) in [5.41, 5.74) is 5.14. The smallest absolute Gasteiger partial charge is 0.114 e. The first-order valence-corrected chi connectivity index (χ1v) is 8.28. The van der Waals surface area contributed by atoms with Crippen molar-refractivity contribution in [2.75, 3.05) is 0 Å². The van der Waals surface area contributed by atoms with Crippen molar-refractivity contribution in [2.24, 2.45) is 0 Å². The standard InChI is InChI=1S/C17H18N2S/c1-2-11-6-7-14-15(10-11)19-17(18-14)13-4-3-5-16-12(13)8-9-20-16/h6-10,13H,2-5H2,1H3,(H,18,19). The number of nitrogens with one attached hydrogen (secondary N) is 1. The lowest BCUT2D eigenvalue weighted by molar-refractivity contribution is 0.604. The van der Waals surface area contributed by atoms with Gasteiger partial charge in [0.1, 0.15) is 5.82 Å². The lowest BCUT2D eigenvalue weighted by atomic mass is 9.87. The van der Waals surface area contributed by atoms with E-state index < -0.39 is 0 Å². The van der Waals surface area contributed by atoms with E-state index in [0.29, 0.717) is 5.92 Å². The van der Waals surface area contributed by atoms with E-state index in [0.717, 1.165) is 17.8 Å². The van der Waals surface area contributed by atoms with Crippen LogP contribution in [-0.4, -0.2) is 9.97 Å². The molecule has 0 saturated heterocycles. The van der Waals surface area contributed by atoms with Gasteiger partial charge in [0.25, 0.3) is 0 Å². The van der Waals surface area contributed by atoms with Gasteiger partial charge in [0, 0.05) is 10.8 Å². The van der Waals surface area contributed by atoms with Gasteiger partial charge in [-0.1, -0.05) is 13.0 Å². The second-order valence-corrected chi connectivity index (χ2v) is 6.57. The molecule has 1 N–H and O–H groups in total. The molecule has 0 radical (unpaired) electrons. The third kappa shape index (κ3) is 1.88. The molecule has 3 aromatic rings. The summed E-state index contributed by atoms with van der Waals surface area (Å²) in [6.07, 6.45) is 4.80. The third-order valence-corrected chi connectivity index (χ3v) is 5.35. The van der Waals surface area contributed by atoms with Gasteiger partial charge in [0.15, 0.2) is 0 Å². The number of benzene rings is 1. The van der Waals surface area contributed by atoms with Gasteiger partial charge < -0.3 is 4.98 Å². The van der Waals surface area contributed by atoms with Gasteiger partial charge >= 0.3 is 0 Å². The molecule has 1 aliphatic carbocycles. The zero-order chi connectivity index (χ0) is 13.5. The van der Waals surface area contributed by atoms with Crippen molar-refractivity contribution >= 4 is 22.4 Å². The van der Waals surface area contributed by atoms with Crippen molar-refractivity contribution < 1.29 is 0 Å². The molecule has 0 fully saturated rings. The molecule has 0 saturated carbocycles. The second kappa shape index (κ2) is 4.74. The van der Waals surface area contributed by atoms with Gasteiger partial charge in [-0.15, -0.1) is 11.3 Å². The highest BCUT2D eigenvalue weighted by atomic mass is 32.1. The predicted molar refractivity (Wildman–Crippen MR) is 84.6 cm³/mol. The summed E-state index contributed by atoms with van der Waals surface area (Å²) in [5.74, 6) is 1.61. The van der Waals surface area contributed by atoms with Crippen LogP contribution in [0, 0.1) is 0 Å².